The molecule has 1 rings (SSSR count). The van der Waals surface area contributed by atoms with Gasteiger partial charge in [0, 0.05) is 41.3 Å². The number of rotatable bonds is 6. The normalized spacial score (nSPS) is 12.4. The summed E-state index contributed by atoms with van der Waals surface area (Å²) in [7, 11) is -0.797. The summed E-state index contributed by atoms with van der Waals surface area (Å²) in [5, 5.41) is 3.16. The summed E-state index contributed by atoms with van der Waals surface area (Å²) in [5.74, 6) is 2.64. The molecule has 17 heavy (non-hydrogen) atoms. The Hall–Kier alpha value is -1.17. The Balaban J connectivity index is 2.78. The van der Waals surface area contributed by atoms with E-state index in [9.17, 15) is 4.21 Å². The molecule has 0 fully saturated rings. The number of aromatic nitrogens is 2. The molecule has 0 radical (unpaired) electrons. The number of nitrogen functional groups attached to an aromatic ring is 1. The molecule has 96 valence electrons. The van der Waals surface area contributed by atoms with Crippen molar-refractivity contribution in [3.8, 4) is 0 Å². The van der Waals surface area contributed by atoms with Gasteiger partial charge < -0.3 is 11.1 Å². The van der Waals surface area contributed by atoms with Crippen LogP contribution in [0, 0.1) is 6.92 Å². The third-order valence-corrected chi connectivity index (χ3v) is 3.16. The van der Waals surface area contributed by atoms with E-state index in [0.29, 0.717) is 18.1 Å². The second-order valence-corrected chi connectivity index (χ2v) is 5.51. The van der Waals surface area contributed by atoms with Crippen molar-refractivity contribution >= 4 is 22.4 Å². The average Bonchev–Trinajstić information content (AvgIpc) is 2.24. The predicted octanol–water partition coefficient (Wildman–Crippen LogP) is 1.11. The van der Waals surface area contributed by atoms with E-state index in [4.69, 9.17) is 5.73 Å². The zero-order chi connectivity index (χ0) is 12.8. The van der Waals surface area contributed by atoms with Crippen LogP contribution in [0.15, 0.2) is 0 Å². The van der Waals surface area contributed by atoms with E-state index in [1.165, 1.54) is 0 Å². The van der Waals surface area contributed by atoms with Crippen molar-refractivity contribution in [2.45, 2.75) is 26.7 Å². The van der Waals surface area contributed by atoms with Crippen molar-refractivity contribution in [1.82, 2.24) is 9.97 Å². The summed E-state index contributed by atoms with van der Waals surface area (Å²) in [4.78, 5) is 8.65. The molecule has 0 aliphatic heterocycles. The molecule has 0 saturated carbocycles. The molecule has 0 saturated heterocycles. The smallest absolute Gasteiger partial charge is 0.134 e. The fraction of sp³-hybridized carbons (Fsp3) is 0.636. The molecule has 0 aliphatic carbocycles. The molecule has 0 aliphatic rings. The maximum Gasteiger partial charge on any atom is 0.134 e. The number of aryl methyl sites for hydroxylation is 1. The van der Waals surface area contributed by atoms with E-state index in [1.807, 2.05) is 6.92 Å². The van der Waals surface area contributed by atoms with Gasteiger partial charge >= 0.3 is 0 Å². The van der Waals surface area contributed by atoms with Gasteiger partial charge in [-0.1, -0.05) is 6.92 Å². The van der Waals surface area contributed by atoms with Gasteiger partial charge in [0.15, 0.2) is 0 Å². The Morgan fingerprint density at radius 2 is 2.12 bits per heavy atom. The van der Waals surface area contributed by atoms with Gasteiger partial charge in [0.05, 0.1) is 0 Å². The van der Waals surface area contributed by atoms with E-state index in [1.54, 1.807) is 6.26 Å². The Morgan fingerprint density at radius 3 is 2.71 bits per heavy atom. The molecule has 0 spiro atoms. The molecular formula is C11H20N4OS. The molecule has 1 atom stereocenters. The highest BCUT2D eigenvalue weighted by atomic mass is 32.2. The first kappa shape index (κ1) is 13.9. The highest BCUT2D eigenvalue weighted by Crippen LogP contribution is 2.17. The minimum atomic E-state index is -0.797. The monoisotopic (exact) mass is 256 g/mol. The lowest BCUT2D eigenvalue weighted by Gasteiger charge is -2.11. The summed E-state index contributed by atoms with van der Waals surface area (Å²) < 4.78 is 11.0. The van der Waals surface area contributed by atoms with Gasteiger partial charge in [-0.05, 0) is 13.3 Å². The highest BCUT2D eigenvalue weighted by molar-refractivity contribution is 7.84. The number of nitrogens with zero attached hydrogens (tertiary/aromatic N) is 2. The van der Waals surface area contributed by atoms with Gasteiger partial charge in [-0.3, -0.25) is 4.21 Å². The molecule has 5 nitrogen and oxygen atoms in total. The number of hydrogen-bond donors (Lipinski definition) is 2. The van der Waals surface area contributed by atoms with Crippen LogP contribution in [0.2, 0.25) is 0 Å². The largest absolute Gasteiger partial charge is 0.383 e. The topological polar surface area (TPSA) is 80.9 Å². The summed E-state index contributed by atoms with van der Waals surface area (Å²) in [6.45, 7) is 4.59. The van der Waals surface area contributed by atoms with Crippen molar-refractivity contribution < 1.29 is 4.21 Å². The van der Waals surface area contributed by atoms with Crippen LogP contribution < -0.4 is 11.1 Å². The lowest BCUT2D eigenvalue weighted by atomic mass is 10.2. The molecule has 0 bridgehead atoms. The summed E-state index contributed by atoms with van der Waals surface area (Å²) in [5.41, 5.74) is 6.69. The average molecular weight is 256 g/mol. The van der Waals surface area contributed by atoms with Gasteiger partial charge in [0.1, 0.15) is 17.5 Å². The first-order valence-corrected chi connectivity index (χ1v) is 7.44. The van der Waals surface area contributed by atoms with Crippen LogP contribution in [0.1, 0.15) is 24.7 Å². The van der Waals surface area contributed by atoms with Crippen molar-refractivity contribution in [3.63, 3.8) is 0 Å². The van der Waals surface area contributed by atoms with Crippen molar-refractivity contribution in [3.05, 3.63) is 11.4 Å². The number of hydrogen-bond acceptors (Lipinski definition) is 5. The van der Waals surface area contributed by atoms with E-state index >= 15 is 0 Å². The van der Waals surface area contributed by atoms with Crippen molar-refractivity contribution in [2.75, 3.05) is 29.6 Å². The van der Waals surface area contributed by atoms with E-state index in [2.05, 4.69) is 22.2 Å². The fourth-order valence-electron chi connectivity index (χ4n) is 1.40. The van der Waals surface area contributed by atoms with Gasteiger partial charge in [0.25, 0.3) is 0 Å². The predicted molar refractivity (Wildman–Crippen MR) is 72.6 cm³/mol. The summed E-state index contributed by atoms with van der Waals surface area (Å²) >= 11 is 0. The van der Waals surface area contributed by atoms with Crippen LogP contribution in [0.5, 0.6) is 0 Å². The Bertz CT molecular complexity index is 409. The van der Waals surface area contributed by atoms with Crippen molar-refractivity contribution in [1.29, 1.82) is 0 Å². The second kappa shape index (κ2) is 6.54. The molecule has 1 aromatic heterocycles. The molecule has 1 heterocycles. The minimum absolute atomic E-state index is 0.517. The SMILES string of the molecule is CCCc1nc(N)c(C)c(NCCS(C)=O)n1. The van der Waals surface area contributed by atoms with E-state index in [0.717, 1.165) is 30.0 Å². The molecule has 1 unspecified atom stereocenters. The van der Waals surface area contributed by atoms with Gasteiger partial charge in [-0.2, -0.15) is 0 Å². The van der Waals surface area contributed by atoms with E-state index < -0.39 is 10.8 Å². The molecule has 0 aromatic carbocycles. The van der Waals surface area contributed by atoms with Crippen LogP contribution in [-0.4, -0.2) is 32.7 Å². The standard InChI is InChI=1S/C11H20N4OS/c1-4-5-9-14-10(12)8(2)11(15-9)13-6-7-17(3)16/h4-7H2,1-3H3,(H3,12,13,14,15). The number of nitrogens with one attached hydrogen (secondary N) is 1. The van der Waals surface area contributed by atoms with E-state index in [-0.39, 0.29) is 0 Å². The molecule has 6 heteroatoms. The third-order valence-electron chi connectivity index (χ3n) is 2.39. The van der Waals surface area contributed by atoms with Crippen molar-refractivity contribution in [2.24, 2.45) is 0 Å². The number of anilines is 2. The first-order valence-electron chi connectivity index (χ1n) is 5.71. The van der Waals surface area contributed by atoms with Crippen LogP contribution in [0.3, 0.4) is 0 Å². The minimum Gasteiger partial charge on any atom is -0.383 e. The summed E-state index contributed by atoms with van der Waals surface area (Å²) in [6.07, 6.45) is 3.49. The fourth-order valence-corrected chi connectivity index (χ4v) is 1.79. The highest BCUT2D eigenvalue weighted by Gasteiger charge is 2.07. The van der Waals surface area contributed by atoms with Crippen LogP contribution >= 0.6 is 0 Å². The maximum atomic E-state index is 11.0. The summed E-state index contributed by atoms with van der Waals surface area (Å²) in [6, 6.07) is 0. The Labute approximate surface area is 105 Å². The number of nitrogens with two attached hydrogens (primary N) is 1. The van der Waals surface area contributed by atoms with Gasteiger partial charge in [0.2, 0.25) is 0 Å². The lowest BCUT2D eigenvalue weighted by Crippen LogP contribution is -2.14. The van der Waals surface area contributed by atoms with Crippen LogP contribution in [0.25, 0.3) is 0 Å². The second-order valence-electron chi connectivity index (χ2n) is 3.95. The lowest BCUT2D eigenvalue weighted by molar-refractivity contribution is 0.687. The molecule has 1 aromatic rings. The first-order chi connectivity index (χ1) is 8.04. The third kappa shape index (κ3) is 4.30. The van der Waals surface area contributed by atoms with Gasteiger partial charge in [-0.25, -0.2) is 9.97 Å². The zero-order valence-corrected chi connectivity index (χ0v) is 11.4. The van der Waals surface area contributed by atoms with Crippen LogP contribution in [-0.2, 0) is 17.2 Å². The zero-order valence-electron chi connectivity index (χ0n) is 10.6. The Kier molecular flexibility index (Phi) is 5.34. The quantitative estimate of drug-likeness (QED) is 0.797. The molecule has 0 amide bonds. The Morgan fingerprint density at radius 1 is 1.41 bits per heavy atom. The molecule has 3 N–H and O–H groups in total. The molecular weight excluding hydrogens is 236 g/mol. The maximum absolute atomic E-state index is 11.0. The van der Waals surface area contributed by atoms with Crippen LogP contribution in [0.4, 0.5) is 11.6 Å². The van der Waals surface area contributed by atoms with Gasteiger partial charge in [-0.15, -0.1) is 0 Å².